The summed E-state index contributed by atoms with van der Waals surface area (Å²) in [7, 11) is 1.90. The Kier molecular flexibility index (Phi) is 6.73. The maximum Gasteiger partial charge on any atom is 0.315 e. The fourth-order valence-corrected chi connectivity index (χ4v) is 5.50. The number of nitrogens with two attached hydrogens (primary N) is 1. The molecule has 1 saturated heterocycles. The van der Waals surface area contributed by atoms with Gasteiger partial charge in [0.2, 0.25) is 0 Å². The second-order valence-corrected chi connectivity index (χ2v) is 8.16. The minimum absolute atomic E-state index is 0.0650. The minimum atomic E-state index is -1.10. The Morgan fingerprint density at radius 1 is 1.36 bits per heavy atom. The van der Waals surface area contributed by atoms with E-state index < -0.39 is 5.67 Å². The topological polar surface area (TPSA) is 58.4 Å². The van der Waals surface area contributed by atoms with E-state index in [1.165, 1.54) is 0 Å². The summed E-state index contributed by atoms with van der Waals surface area (Å²) in [5.74, 6) is 0.112. The van der Waals surface area contributed by atoms with Crippen LogP contribution in [0.25, 0.3) is 0 Å². The molecule has 6 heteroatoms. The van der Waals surface area contributed by atoms with Crippen LogP contribution in [-0.4, -0.2) is 46.7 Å². The molecule has 22 heavy (non-hydrogen) atoms. The standard InChI is InChI=1S/C16H29FIN3O/c1-20-11-12(13-7-3-6-10-21(13)15(19)22)14(18)16(17)8-4-2-5-9-16/h12-14,20H,2-11H2,1H3,(H2,19,22)/t12?,13?,14-/m0/s1. The average Bonchev–Trinajstić information content (AvgIpc) is 2.52. The number of urea groups is 1. The van der Waals surface area contributed by atoms with E-state index in [9.17, 15) is 4.79 Å². The van der Waals surface area contributed by atoms with Crippen LogP contribution >= 0.6 is 22.6 Å². The van der Waals surface area contributed by atoms with Crippen molar-refractivity contribution in [1.29, 1.82) is 0 Å². The Labute approximate surface area is 146 Å². The zero-order chi connectivity index (χ0) is 16.2. The lowest BCUT2D eigenvalue weighted by Gasteiger charge is -2.45. The number of rotatable bonds is 5. The van der Waals surface area contributed by atoms with E-state index in [2.05, 4.69) is 27.9 Å². The molecule has 2 fully saturated rings. The molecule has 1 saturated carbocycles. The predicted octanol–water partition coefficient (Wildman–Crippen LogP) is 3.23. The highest BCUT2D eigenvalue weighted by atomic mass is 127. The first-order valence-corrected chi connectivity index (χ1v) is 9.78. The van der Waals surface area contributed by atoms with Gasteiger partial charge in [0.1, 0.15) is 5.67 Å². The molecular formula is C16H29FIN3O. The molecule has 1 aliphatic carbocycles. The van der Waals surface area contributed by atoms with Gasteiger partial charge in [0.25, 0.3) is 0 Å². The molecule has 0 aromatic rings. The van der Waals surface area contributed by atoms with Gasteiger partial charge < -0.3 is 16.0 Å². The van der Waals surface area contributed by atoms with Gasteiger partial charge in [-0.25, -0.2) is 9.18 Å². The number of nitrogens with zero attached hydrogens (tertiary/aromatic N) is 1. The quantitative estimate of drug-likeness (QED) is 0.525. The van der Waals surface area contributed by atoms with E-state index in [0.717, 1.165) is 45.1 Å². The van der Waals surface area contributed by atoms with E-state index in [1.807, 2.05) is 7.05 Å². The first kappa shape index (κ1) is 18.2. The highest BCUT2D eigenvalue weighted by Gasteiger charge is 2.46. The Morgan fingerprint density at radius 2 is 2.05 bits per heavy atom. The number of hydrogen-bond donors (Lipinski definition) is 2. The van der Waals surface area contributed by atoms with Crippen LogP contribution in [0.2, 0.25) is 0 Å². The summed E-state index contributed by atoms with van der Waals surface area (Å²) in [6.07, 6.45) is 7.44. The molecule has 128 valence electrons. The van der Waals surface area contributed by atoms with E-state index in [4.69, 9.17) is 5.73 Å². The number of carbonyl (C=O) groups excluding carboxylic acids is 1. The molecule has 2 amide bonds. The van der Waals surface area contributed by atoms with Crippen molar-refractivity contribution in [3.63, 3.8) is 0 Å². The Balaban J connectivity index is 2.17. The Hall–Kier alpha value is -0.110. The third-order valence-electron chi connectivity index (χ3n) is 5.32. The average molecular weight is 425 g/mol. The lowest BCUT2D eigenvalue weighted by molar-refractivity contribution is 0.0557. The van der Waals surface area contributed by atoms with Crippen molar-refractivity contribution in [2.75, 3.05) is 20.1 Å². The molecule has 3 atom stereocenters. The largest absolute Gasteiger partial charge is 0.351 e. The molecule has 3 N–H and O–H groups in total. The monoisotopic (exact) mass is 425 g/mol. The summed E-state index contributed by atoms with van der Waals surface area (Å²) < 4.78 is 15.4. The van der Waals surface area contributed by atoms with Crippen LogP contribution < -0.4 is 11.1 Å². The third-order valence-corrected chi connectivity index (χ3v) is 7.36. The maximum atomic E-state index is 15.5. The van der Waals surface area contributed by atoms with Crippen molar-refractivity contribution in [1.82, 2.24) is 10.2 Å². The number of hydrogen-bond acceptors (Lipinski definition) is 2. The van der Waals surface area contributed by atoms with Gasteiger partial charge in [0.05, 0.1) is 3.92 Å². The molecule has 1 heterocycles. The highest BCUT2D eigenvalue weighted by molar-refractivity contribution is 14.1. The highest BCUT2D eigenvalue weighted by Crippen LogP contribution is 2.43. The van der Waals surface area contributed by atoms with Crippen LogP contribution in [0.5, 0.6) is 0 Å². The molecule has 0 aromatic carbocycles. The normalized spacial score (nSPS) is 28.1. The fraction of sp³-hybridized carbons (Fsp3) is 0.938. The second kappa shape index (κ2) is 8.13. The fourth-order valence-electron chi connectivity index (χ4n) is 4.15. The number of amides is 2. The van der Waals surface area contributed by atoms with Gasteiger partial charge in [-0.2, -0.15) is 0 Å². The summed E-state index contributed by atoms with van der Waals surface area (Å²) in [5.41, 5.74) is 4.48. The molecule has 0 aromatic heterocycles. The Bertz CT molecular complexity index is 376. The van der Waals surface area contributed by atoms with Gasteiger partial charge in [0.15, 0.2) is 0 Å². The molecule has 0 radical (unpaired) electrons. The predicted molar refractivity (Wildman–Crippen MR) is 96.1 cm³/mol. The lowest BCUT2D eigenvalue weighted by atomic mass is 9.76. The molecule has 2 rings (SSSR count). The van der Waals surface area contributed by atoms with Gasteiger partial charge >= 0.3 is 6.03 Å². The minimum Gasteiger partial charge on any atom is -0.351 e. The SMILES string of the molecule is CNCC(C1CCCCN1C(N)=O)[C@H](I)C1(F)CCCCC1. The van der Waals surface area contributed by atoms with Crippen molar-refractivity contribution in [2.45, 2.75) is 67.0 Å². The molecule has 2 unspecified atom stereocenters. The van der Waals surface area contributed by atoms with Crippen molar-refractivity contribution >= 4 is 28.6 Å². The number of piperidine rings is 1. The first-order chi connectivity index (χ1) is 10.5. The van der Waals surface area contributed by atoms with Gasteiger partial charge in [-0.3, -0.25) is 0 Å². The number of halogens is 2. The van der Waals surface area contributed by atoms with Gasteiger partial charge in [-0.15, -0.1) is 0 Å². The molecule has 0 spiro atoms. The van der Waals surface area contributed by atoms with Gasteiger partial charge in [-0.1, -0.05) is 41.9 Å². The summed E-state index contributed by atoms with van der Waals surface area (Å²) >= 11 is 2.30. The molecule has 0 bridgehead atoms. The van der Waals surface area contributed by atoms with Crippen LogP contribution in [-0.2, 0) is 0 Å². The smallest absolute Gasteiger partial charge is 0.315 e. The zero-order valence-corrected chi connectivity index (χ0v) is 15.6. The lowest BCUT2D eigenvalue weighted by Crippen LogP contribution is -2.56. The van der Waals surface area contributed by atoms with E-state index in [-0.39, 0.29) is 21.9 Å². The molecule has 4 nitrogen and oxygen atoms in total. The first-order valence-electron chi connectivity index (χ1n) is 8.53. The van der Waals surface area contributed by atoms with Crippen LogP contribution in [0.4, 0.5) is 9.18 Å². The maximum absolute atomic E-state index is 15.5. The van der Waals surface area contributed by atoms with Crippen LogP contribution in [0.1, 0.15) is 51.4 Å². The van der Waals surface area contributed by atoms with Crippen molar-refractivity contribution in [3.05, 3.63) is 0 Å². The van der Waals surface area contributed by atoms with Crippen LogP contribution in [0.3, 0.4) is 0 Å². The number of primary amides is 1. The summed E-state index contributed by atoms with van der Waals surface area (Å²) in [6, 6.07) is -0.291. The van der Waals surface area contributed by atoms with Crippen LogP contribution in [0, 0.1) is 5.92 Å². The van der Waals surface area contributed by atoms with E-state index >= 15 is 4.39 Å². The summed E-state index contributed by atoms with van der Waals surface area (Å²) in [4.78, 5) is 13.6. The molecular weight excluding hydrogens is 396 g/mol. The van der Waals surface area contributed by atoms with Gasteiger partial charge in [0, 0.05) is 25.0 Å². The van der Waals surface area contributed by atoms with Crippen molar-refractivity contribution < 1.29 is 9.18 Å². The number of nitrogens with one attached hydrogen (secondary N) is 1. The van der Waals surface area contributed by atoms with E-state index in [0.29, 0.717) is 19.4 Å². The second-order valence-electron chi connectivity index (χ2n) is 6.81. The third kappa shape index (κ3) is 4.04. The zero-order valence-electron chi connectivity index (χ0n) is 13.5. The van der Waals surface area contributed by atoms with Crippen LogP contribution in [0.15, 0.2) is 0 Å². The number of alkyl halides is 2. The van der Waals surface area contributed by atoms with Gasteiger partial charge in [-0.05, 0) is 39.2 Å². The summed E-state index contributed by atoms with van der Waals surface area (Å²) in [6.45, 7) is 1.44. The van der Waals surface area contributed by atoms with Crippen molar-refractivity contribution in [2.24, 2.45) is 11.7 Å². The number of likely N-dealkylation sites (tertiary alicyclic amines) is 1. The van der Waals surface area contributed by atoms with E-state index in [1.54, 1.807) is 4.90 Å². The van der Waals surface area contributed by atoms with Crippen molar-refractivity contribution in [3.8, 4) is 0 Å². The number of carbonyl (C=O) groups is 1. The molecule has 1 aliphatic heterocycles. The Morgan fingerprint density at radius 3 is 2.64 bits per heavy atom. The summed E-state index contributed by atoms with van der Waals surface area (Å²) in [5, 5.41) is 3.21. The molecule has 2 aliphatic rings.